The van der Waals surface area contributed by atoms with Gasteiger partial charge in [-0.25, -0.2) is 4.79 Å². The summed E-state index contributed by atoms with van der Waals surface area (Å²) < 4.78 is 37.8. The van der Waals surface area contributed by atoms with E-state index in [2.05, 4.69) is 0 Å². The molecule has 3 aromatic rings. The highest BCUT2D eigenvalue weighted by molar-refractivity contribution is 5.82. The third kappa shape index (κ3) is 6.47. The molecule has 0 radical (unpaired) electrons. The first-order valence-corrected chi connectivity index (χ1v) is 12.2. The lowest BCUT2D eigenvalue weighted by molar-refractivity contribution is -0.282. The minimum absolute atomic E-state index is 0.0450. The summed E-state index contributed by atoms with van der Waals surface area (Å²) in [5.74, 6) is -3.29. The van der Waals surface area contributed by atoms with E-state index < -0.39 is 54.6 Å². The van der Waals surface area contributed by atoms with Crippen LogP contribution in [0, 0.1) is 0 Å². The van der Waals surface area contributed by atoms with Crippen molar-refractivity contribution in [3.63, 3.8) is 0 Å². The number of carbonyl (C=O) groups is 4. The van der Waals surface area contributed by atoms with Gasteiger partial charge in [0, 0.05) is 26.8 Å². The highest BCUT2D eigenvalue weighted by Crippen LogP contribution is 2.32. The van der Waals surface area contributed by atoms with E-state index in [4.69, 9.17) is 32.8 Å². The molecule has 5 atom stereocenters. The Hall–Kier alpha value is -4.91. The van der Waals surface area contributed by atoms with Crippen LogP contribution in [0.2, 0.25) is 0 Å². The maximum atomic E-state index is 13.0. The second kappa shape index (κ2) is 12.1. The average molecular weight is 571 g/mol. The Morgan fingerprint density at radius 1 is 0.829 bits per heavy atom. The highest BCUT2D eigenvalue weighted by Gasteiger charge is 2.55. The van der Waals surface area contributed by atoms with E-state index in [0.717, 1.165) is 27.9 Å². The largest absolute Gasteiger partial charge is 0.508 e. The Kier molecular flexibility index (Phi) is 8.57. The van der Waals surface area contributed by atoms with Crippen LogP contribution in [0.15, 0.2) is 57.9 Å². The quantitative estimate of drug-likeness (QED) is 0.324. The second-order valence-electron chi connectivity index (χ2n) is 8.97. The minimum atomic E-state index is -1.61. The van der Waals surface area contributed by atoms with Gasteiger partial charge in [-0.15, -0.1) is 0 Å². The van der Waals surface area contributed by atoms with Crippen molar-refractivity contribution in [2.75, 3.05) is 7.11 Å². The number of hydrogen-bond acceptors (Lipinski definition) is 13. The van der Waals surface area contributed by atoms with Crippen molar-refractivity contribution in [3.05, 3.63) is 59.0 Å². The fraction of sp³-hybridized carbons (Fsp3) is 0.321. The fourth-order valence-corrected chi connectivity index (χ4v) is 4.34. The van der Waals surface area contributed by atoms with E-state index >= 15 is 0 Å². The Bertz CT molecular complexity index is 1520. The van der Waals surface area contributed by atoms with Crippen LogP contribution < -0.4 is 10.2 Å². The number of aromatic hydroxyl groups is 1. The molecule has 1 N–H and O–H groups in total. The van der Waals surface area contributed by atoms with Gasteiger partial charge in [0.25, 0.3) is 0 Å². The lowest BCUT2D eigenvalue weighted by atomic mass is 9.97. The van der Waals surface area contributed by atoms with E-state index in [1.807, 2.05) is 0 Å². The Morgan fingerprint density at radius 2 is 1.44 bits per heavy atom. The number of carbonyl (C=O) groups excluding carboxylic acids is 4. The molecule has 1 aliphatic rings. The number of fused-ring (bicyclic) bond motifs is 1. The van der Waals surface area contributed by atoms with Crippen molar-refractivity contribution in [2.24, 2.45) is 0 Å². The SMILES string of the molecule is COC(=O)[C@H]1O[C@@H](Oc2ccc(-c3coc4cc(O)ccc4c3=O)cc2)[C@H](OC(C)=O)[C@@H](OC(C)=O)[C@@H]1OC(C)=O. The molecule has 0 spiro atoms. The second-order valence-corrected chi connectivity index (χ2v) is 8.97. The number of rotatable bonds is 7. The summed E-state index contributed by atoms with van der Waals surface area (Å²) in [5.41, 5.74) is 0.611. The van der Waals surface area contributed by atoms with E-state index in [9.17, 15) is 29.1 Å². The molecule has 0 amide bonds. The summed E-state index contributed by atoms with van der Waals surface area (Å²) in [7, 11) is 1.08. The molecule has 1 fully saturated rings. The number of esters is 4. The van der Waals surface area contributed by atoms with Crippen LogP contribution in [0.25, 0.3) is 22.1 Å². The van der Waals surface area contributed by atoms with Gasteiger partial charge in [-0.1, -0.05) is 12.1 Å². The van der Waals surface area contributed by atoms with Gasteiger partial charge in [0.2, 0.25) is 12.4 Å². The molecular weight excluding hydrogens is 544 g/mol. The molecule has 0 saturated carbocycles. The molecule has 1 aliphatic heterocycles. The zero-order chi connectivity index (χ0) is 29.8. The lowest BCUT2D eigenvalue weighted by Gasteiger charge is -2.43. The van der Waals surface area contributed by atoms with E-state index in [-0.39, 0.29) is 33.5 Å². The molecule has 216 valence electrons. The third-order valence-corrected chi connectivity index (χ3v) is 6.01. The zero-order valence-electron chi connectivity index (χ0n) is 22.4. The number of methoxy groups -OCH3 is 1. The normalized spacial score (nSPS) is 21.9. The minimum Gasteiger partial charge on any atom is -0.508 e. The molecule has 4 rings (SSSR count). The maximum absolute atomic E-state index is 13.0. The molecular formula is C28H26O13. The summed E-state index contributed by atoms with van der Waals surface area (Å²) in [4.78, 5) is 61.3. The summed E-state index contributed by atoms with van der Waals surface area (Å²) >= 11 is 0. The van der Waals surface area contributed by atoms with Crippen LogP contribution in [0.4, 0.5) is 0 Å². The van der Waals surface area contributed by atoms with Gasteiger partial charge in [0.05, 0.1) is 18.1 Å². The zero-order valence-corrected chi connectivity index (χ0v) is 22.4. The Balaban J connectivity index is 1.67. The van der Waals surface area contributed by atoms with Gasteiger partial charge in [-0.2, -0.15) is 0 Å². The van der Waals surface area contributed by atoms with Crippen molar-refractivity contribution < 1.29 is 57.1 Å². The Morgan fingerprint density at radius 3 is 2.05 bits per heavy atom. The van der Waals surface area contributed by atoms with E-state index in [0.29, 0.717) is 5.56 Å². The first kappa shape index (κ1) is 29.1. The molecule has 0 unspecified atom stereocenters. The van der Waals surface area contributed by atoms with Crippen molar-refractivity contribution in [2.45, 2.75) is 51.5 Å². The monoisotopic (exact) mass is 570 g/mol. The molecule has 1 saturated heterocycles. The first-order valence-electron chi connectivity index (χ1n) is 12.2. The van der Waals surface area contributed by atoms with Crippen LogP contribution in [0.3, 0.4) is 0 Å². The first-order chi connectivity index (χ1) is 19.5. The molecule has 13 heteroatoms. The lowest BCUT2D eigenvalue weighted by Crippen LogP contribution is -2.64. The van der Waals surface area contributed by atoms with E-state index in [1.54, 1.807) is 12.1 Å². The van der Waals surface area contributed by atoms with Gasteiger partial charge in [0.15, 0.2) is 23.7 Å². The molecule has 2 aromatic carbocycles. The summed E-state index contributed by atoms with van der Waals surface area (Å²) in [5, 5.41) is 9.90. The predicted octanol–water partition coefficient (Wildman–Crippen LogP) is 2.24. The van der Waals surface area contributed by atoms with Crippen LogP contribution in [0.1, 0.15) is 20.8 Å². The van der Waals surface area contributed by atoms with Gasteiger partial charge in [-0.05, 0) is 29.8 Å². The molecule has 0 aliphatic carbocycles. The predicted molar refractivity (Wildman–Crippen MR) is 138 cm³/mol. The van der Waals surface area contributed by atoms with Gasteiger partial charge in [-0.3, -0.25) is 19.2 Å². The van der Waals surface area contributed by atoms with Crippen molar-refractivity contribution in [1.29, 1.82) is 0 Å². The maximum Gasteiger partial charge on any atom is 0.339 e. The summed E-state index contributed by atoms with van der Waals surface area (Å²) in [6.07, 6.45) is -6.35. The summed E-state index contributed by atoms with van der Waals surface area (Å²) in [6, 6.07) is 10.2. The van der Waals surface area contributed by atoms with Crippen LogP contribution in [-0.4, -0.2) is 66.8 Å². The van der Waals surface area contributed by atoms with E-state index in [1.165, 1.54) is 36.6 Å². The summed E-state index contributed by atoms with van der Waals surface area (Å²) in [6.45, 7) is 3.25. The van der Waals surface area contributed by atoms with Gasteiger partial charge >= 0.3 is 23.9 Å². The average Bonchev–Trinajstić information content (AvgIpc) is 2.91. The molecule has 1 aromatic heterocycles. The molecule has 13 nitrogen and oxygen atoms in total. The molecule has 41 heavy (non-hydrogen) atoms. The number of hydrogen-bond donors (Lipinski definition) is 1. The van der Waals surface area contributed by atoms with Gasteiger partial charge < -0.3 is 37.9 Å². The number of phenolic OH excluding ortho intramolecular Hbond substituents is 1. The van der Waals surface area contributed by atoms with Crippen LogP contribution in [-0.2, 0) is 42.9 Å². The topological polar surface area (TPSA) is 174 Å². The highest BCUT2D eigenvalue weighted by atomic mass is 16.7. The smallest absolute Gasteiger partial charge is 0.339 e. The van der Waals surface area contributed by atoms with Crippen molar-refractivity contribution in [3.8, 4) is 22.6 Å². The number of benzene rings is 2. The van der Waals surface area contributed by atoms with Crippen LogP contribution in [0.5, 0.6) is 11.5 Å². The molecule has 0 bridgehead atoms. The number of ether oxygens (including phenoxy) is 6. The Labute approximate surface area is 232 Å². The third-order valence-electron chi connectivity index (χ3n) is 6.01. The molecule has 2 heterocycles. The standard InChI is InChI=1S/C28H26O13/c1-13(29)37-23-24(38-14(2)30)26(39-15(3)31)28(41-25(23)27(34)35-4)40-18-8-5-16(6-9-18)20-12-36-21-11-17(32)7-10-19(21)22(20)33/h5-12,23-26,28,32H,1-4H3/t23-,24-,25-,26+,28+/m0/s1. The fourth-order valence-electron chi connectivity index (χ4n) is 4.34. The van der Waals surface area contributed by atoms with Gasteiger partial charge in [0.1, 0.15) is 23.3 Å². The van der Waals surface area contributed by atoms with Crippen molar-refractivity contribution in [1.82, 2.24) is 0 Å². The van der Waals surface area contributed by atoms with Crippen LogP contribution >= 0.6 is 0 Å². The van der Waals surface area contributed by atoms with Crippen molar-refractivity contribution >= 4 is 34.8 Å². The number of phenols is 1.